The lowest BCUT2D eigenvalue weighted by Gasteiger charge is -2.34. The molecule has 0 spiro atoms. The van der Waals surface area contributed by atoms with Crippen LogP contribution in [0.2, 0.25) is 13.1 Å². The summed E-state index contributed by atoms with van der Waals surface area (Å²) < 4.78 is 51.4. The van der Waals surface area contributed by atoms with Gasteiger partial charge in [-0.1, -0.05) is 0 Å². The third-order valence-corrected chi connectivity index (χ3v) is 7.87. The first kappa shape index (κ1) is 62.4. The van der Waals surface area contributed by atoms with Gasteiger partial charge in [-0.2, -0.15) is 0 Å². The Bertz CT molecular complexity index is 1220. The van der Waals surface area contributed by atoms with E-state index in [2.05, 4.69) is 9.47 Å². The van der Waals surface area contributed by atoms with E-state index in [9.17, 15) is 38.4 Å². The molecular weight excluding hydrogens is 891 g/mol. The smallest absolute Gasteiger partial charge is 0.466 e. The molecule has 344 valence electrons. The van der Waals surface area contributed by atoms with E-state index in [-0.39, 0.29) is 52.7 Å². The number of esters is 7. The standard InChI is InChI=1S/C24H40O14Si.C8H14O5.CH3Cl3Si.CH2O/c1-8-31-20(26)14-18(23(29)34-11-4)37-39(7,36-17(13-16(6)25)22(28)33-10-3)38-19(24(30)35-12-5)15-21(27)32-9-2;1-3-12-7(10)5-6(9)8(11)13-4-2;1-5(2,3)4;1-2/h17-19H,8-15H2,1-7H3;6,9H,3-5H2,1-2H3;1H3;1H2. The molecule has 0 bridgehead atoms. The molecule has 0 aromatic rings. The van der Waals surface area contributed by atoms with Crippen molar-refractivity contribution < 1.29 is 94.7 Å². The summed E-state index contributed by atoms with van der Waals surface area (Å²) in [4.78, 5) is 104. The molecule has 0 aliphatic carbocycles. The second-order valence-corrected chi connectivity index (χ2v) is 23.5. The number of aliphatic hydroxyl groups is 1. The van der Waals surface area contributed by atoms with Crippen molar-refractivity contribution in [2.45, 2.75) is 119 Å². The topological polar surface area (TPSA) is 266 Å². The van der Waals surface area contributed by atoms with Crippen LogP contribution in [0.25, 0.3) is 0 Å². The summed E-state index contributed by atoms with van der Waals surface area (Å²) in [6, 6.07) is -2.19. The highest BCUT2D eigenvalue weighted by molar-refractivity contribution is 7.64. The average Bonchev–Trinajstić information content (AvgIpc) is 3.11. The van der Waals surface area contributed by atoms with Crippen LogP contribution in [0.4, 0.5) is 0 Å². The molecule has 20 nitrogen and oxygen atoms in total. The zero-order chi connectivity index (χ0) is 46.8. The van der Waals surface area contributed by atoms with Crippen molar-refractivity contribution in [1.29, 1.82) is 0 Å². The normalized spacial score (nSPS) is 13.4. The van der Waals surface area contributed by atoms with Crippen LogP contribution in [0.3, 0.4) is 0 Å². The number of hydrogen-bond donors (Lipinski definition) is 1. The highest BCUT2D eigenvalue weighted by Gasteiger charge is 2.49. The number of aliphatic hydroxyl groups excluding tert-OH is 1. The minimum absolute atomic E-state index is 0.0179. The fourth-order valence-corrected chi connectivity index (χ4v) is 6.04. The number of rotatable bonds is 25. The van der Waals surface area contributed by atoms with Crippen LogP contribution in [0.15, 0.2) is 0 Å². The Hall–Kier alpha value is -3.23. The Labute approximate surface area is 360 Å². The Morgan fingerprint density at radius 1 is 0.475 bits per heavy atom. The number of ether oxygens (including phenoxy) is 7. The van der Waals surface area contributed by atoms with Gasteiger partial charge in [-0.05, 0) is 61.9 Å². The predicted octanol–water partition coefficient (Wildman–Crippen LogP) is 3.24. The molecule has 59 heavy (non-hydrogen) atoms. The minimum atomic E-state index is -4.43. The maximum Gasteiger partial charge on any atom is 0.499 e. The quantitative estimate of drug-likeness (QED) is 0.0596. The van der Waals surface area contributed by atoms with E-state index < -0.39 is 106 Å². The largest absolute Gasteiger partial charge is 0.499 e. The number of Topliss-reactive ketones (excluding diaryl/α,β-unsaturated/α-hetero) is 1. The van der Waals surface area contributed by atoms with Gasteiger partial charge < -0.3 is 56.3 Å². The van der Waals surface area contributed by atoms with Crippen LogP contribution in [0.1, 0.15) is 81.1 Å². The third kappa shape index (κ3) is 36.4. The van der Waals surface area contributed by atoms with Gasteiger partial charge >= 0.3 is 56.6 Å². The van der Waals surface area contributed by atoms with E-state index in [0.717, 1.165) is 0 Å². The SMILES string of the molecule is C=O.CCOC(=O)CC(O)C(=O)OCC.CCOC(=O)CC(O[Si](C)(OC(CC(C)=O)C(=O)OCC)OC(CC(=O)OCC)C(=O)OCC)C(=O)OCC.C[Si](Cl)(Cl)Cl. The molecule has 0 amide bonds. The van der Waals surface area contributed by atoms with Crippen molar-refractivity contribution in [3.8, 4) is 0 Å². The summed E-state index contributed by atoms with van der Waals surface area (Å²) in [6.45, 7) is 17.3. The van der Waals surface area contributed by atoms with Gasteiger partial charge in [0.2, 0.25) is 0 Å². The van der Waals surface area contributed by atoms with Crippen molar-refractivity contribution in [2.24, 2.45) is 0 Å². The summed E-state index contributed by atoms with van der Waals surface area (Å²) in [6.07, 6.45) is -8.34. The van der Waals surface area contributed by atoms with Gasteiger partial charge in [0.1, 0.15) is 12.6 Å². The number of ketones is 1. The third-order valence-electron chi connectivity index (χ3n) is 5.73. The lowest BCUT2D eigenvalue weighted by atomic mass is 10.2. The van der Waals surface area contributed by atoms with Crippen LogP contribution >= 0.6 is 33.2 Å². The fourth-order valence-electron chi connectivity index (χ4n) is 3.79. The van der Waals surface area contributed by atoms with E-state index in [1.165, 1.54) is 27.3 Å². The Kier molecular flexibility index (Phi) is 38.7. The molecule has 0 saturated heterocycles. The van der Waals surface area contributed by atoms with Crippen molar-refractivity contribution in [1.82, 2.24) is 0 Å². The molecule has 4 unspecified atom stereocenters. The highest BCUT2D eigenvalue weighted by atomic mass is 35.8. The summed E-state index contributed by atoms with van der Waals surface area (Å²) in [5.74, 6) is -6.38. The Morgan fingerprint density at radius 2 is 0.712 bits per heavy atom. The van der Waals surface area contributed by atoms with Crippen molar-refractivity contribution in [3.63, 3.8) is 0 Å². The molecule has 0 rings (SSSR count). The maximum absolute atomic E-state index is 12.7. The number of halogens is 3. The van der Waals surface area contributed by atoms with Gasteiger partial charge in [0.05, 0.1) is 65.5 Å². The van der Waals surface area contributed by atoms with Gasteiger partial charge in [0.15, 0.2) is 24.4 Å². The van der Waals surface area contributed by atoms with Crippen molar-refractivity contribution >= 4 is 102 Å². The first-order chi connectivity index (χ1) is 27.5. The van der Waals surface area contributed by atoms with E-state index in [1.807, 2.05) is 6.79 Å². The molecule has 0 heterocycles. The molecule has 1 N–H and O–H groups in total. The highest BCUT2D eigenvalue weighted by Crippen LogP contribution is 2.24. The Morgan fingerprint density at radius 3 is 0.966 bits per heavy atom. The van der Waals surface area contributed by atoms with Gasteiger partial charge in [-0.3, -0.25) is 19.2 Å². The van der Waals surface area contributed by atoms with Crippen LogP contribution in [-0.2, 0) is 89.6 Å². The number of carbonyl (C=O) groups excluding carboxylic acids is 9. The first-order valence-electron chi connectivity index (χ1n) is 18.2. The van der Waals surface area contributed by atoms with Crippen molar-refractivity contribution in [2.75, 3.05) is 46.2 Å². The molecule has 0 radical (unpaired) electrons. The molecule has 0 saturated carbocycles. The molecule has 0 aromatic heterocycles. The van der Waals surface area contributed by atoms with Gasteiger partial charge in [-0.25, -0.2) is 19.2 Å². The summed E-state index contributed by atoms with van der Waals surface area (Å²) >= 11 is 15.6. The van der Waals surface area contributed by atoms with Gasteiger partial charge in [-0.15, -0.1) is 33.2 Å². The van der Waals surface area contributed by atoms with Gasteiger partial charge in [0.25, 0.3) is 0 Å². The first-order valence-corrected chi connectivity index (χ1v) is 25.9. The summed E-state index contributed by atoms with van der Waals surface area (Å²) in [5.41, 5.74) is 0. The predicted molar refractivity (Wildman–Crippen MR) is 214 cm³/mol. The molecule has 0 fully saturated rings. The minimum Gasteiger partial charge on any atom is -0.466 e. The zero-order valence-corrected chi connectivity index (χ0v) is 39.4. The second kappa shape index (κ2) is 36.6. The Balaban J connectivity index is -0.000000619. The molecule has 25 heteroatoms. The fraction of sp³-hybridized carbons (Fsp3) is 0.735. The zero-order valence-electron chi connectivity index (χ0n) is 35.1. The lowest BCUT2D eigenvalue weighted by Crippen LogP contribution is -2.55. The van der Waals surface area contributed by atoms with Crippen LogP contribution in [0, 0.1) is 0 Å². The lowest BCUT2D eigenvalue weighted by molar-refractivity contribution is -0.169. The van der Waals surface area contributed by atoms with E-state index in [1.54, 1.807) is 41.2 Å². The van der Waals surface area contributed by atoms with E-state index >= 15 is 0 Å². The molecular formula is C34H59Cl3O20Si2. The molecule has 0 aromatic carbocycles. The van der Waals surface area contributed by atoms with Crippen molar-refractivity contribution in [3.05, 3.63) is 0 Å². The average molecular weight is 950 g/mol. The molecule has 0 aliphatic heterocycles. The summed E-state index contributed by atoms with van der Waals surface area (Å²) in [7, 11) is -4.43. The van der Waals surface area contributed by atoms with Crippen LogP contribution in [0.5, 0.6) is 0 Å². The van der Waals surface area contributed by atoms with E-state index in [0.29, 0.717) is 0 Å². The second-order valence-electron chi connectivity index (χ2n) is 10.9. The monoisotopic (exact) mass is 948 g/mol. The number of carbonyl (C=O) groups is 9. The maximum atomic E-state index is 12.7. The number of hydrogen-bond acceptors (Lipinski definition) is 20. The molecule has 0 aliphatic rings. The summed E-state index contributed by atoms with van der Waals surface area (Å²) in [5, 5.41) is 9.07. The van der Waals surface area contributed by atoms with E-state index in [4.69, 9.17) is 80.1 Å². The van der Waals surface area contributed by atoms with Gasteiger partial charge in [0, 0.05) is 13.0 Å². The molecule has 4 atom stereocenters. The van der Waals surface area contributed by atoms with Crippen LogP contribution < -0.4 is 0 Å². The van der Waals surface area contributed by atoms with Crippen LogP contribution in [-0.4, -0.2) is 145 Å².